The maximum absolute atomic E-state index is 13.6. The number of pyridine rings is 1. The fraction of sp³-hybridized carbons (Fsp3) is 0.0833. The molecule has 10 nitrogen and oxygen atoms in total. The number of hydrogen-bond donors (Lipinski definition) is 3. The van der Waals surface area contributed by atoms with E-state index >= 15 is 0 Å². The zero-order chi connectivity index (χ0) is 33.1. The first-order valence-corrected chi connectivity index (χ1v) is 15.4. The SMILES string of the molecule is COc1cccc(/C=C2\N=C(SC(C)C(=O)Nc3ccc(-c4cc(C(=O)O)c5ccccc5n4)cc3)N(c3ccccc3)C2=O)c1O. The zero-order valence-corrected chi connectivity index (χ0v) is 26.1. The van der Waals surface area contributed by atoms with E-state index in [1.165, 1.54) is 24.2 Å². The Bertz CT molecular complexity index is 2080. The number of aromatic nitrogens is 1. The van der Waals surface area contributed by atoms with Gasteiger partial charge in [-0.3, -0.25) is 14.5 Å². The molecule has 11 heteroatoms. The molecule has 0 spiro atoms. The molecule has 0 saturated heterocycles. The number of para-hydroxylation sites is 3. The molecule has 47 heavy (non-hydrogen) atoms. The van der Waals surface area contributed by atoms with E-state index in [2.05, 4.69) is 15.3 Å². The van der Waals surface area contributed by atoms with E-state index < -0.39 is 17.1 Å². The van der Waals surface area contributed by atoms with Crippen molar-refractivity contribution in [1.82, 2.24) is 4.98 Å². The van der Waals surface area contributed by atoms with Gasteiger partial charge in [0, 0.05) is 22.2 Å². The number of amidine groups is 1. The normalized spacial score (nSPS) is 14.3. The van der Waals surface area contributed by atoms with Crippen LogP contribution in [-0.4, -0.2) is 50.5 Å². The minimum absolute atomic E-state index is 0.0939. The van der Waals surface area contributed by atoms with E-state index in [0.29, 0.717) is 44.3 Å². The van der Waals surface area contributed by atoms with Crippen LogP contribution in [0.3, 0.4) is 0 Å². The van der Waals surface area contributed by atoms with Gasteiger partial charge >= 0.3 is 5.97 Å². The lowest BCUT2D eigenvalue weighted by atomic mass is 10.0. The van der Waals surface area contributed by atoms with Crippen LogP contribution in [0, 0.1) is 0 Å². The molecule has 3 N–H and O–H groups in total. The highest BCUT2D eigenvalue weighted by atomic mass is 32.2. The van der Waals surface area contributed by atoms with Gasteiger partial charge in [0.15, 0.2) is 16.7 Å². The van der Waals surface area contributed by atoms with Gasteiger partial charge in [-0.15, -0.1) is 0 Å². The first-order valence-electron chi connectivity index (χ1n) is 14.5. The largest absolute Gasteiger partial charge is 0.504 e. The number of fused-ring (bicyclic) bond motifs is 1. The third-order valence-corrected chi connectivity index (χ3v) is 8.48. The molecule has 2 amide bonds. The lowest BCUT2D eigenvalue weighted by Crippen LogP contribution is -2.33. The second-order valence-corrected chi connectivity index (χ2v) is 11.8. The zero-order valence-electron chi connectivity index (χ0n) is 25.2. The summed E-state index contributed by atoms with van der Waals surface area (Å²) in [5, 5.41) is 23.4. The number of carbonyl (C=O) groups excluding carboxylic acids is 2. The van der Waals surface area contributed by atoms with Crippen LogP contribution >= 0.6 is 11.8 Å². The fourth-order valence-electron chi connectivity index (χ4n) is 5.03. The Hall–Kier alpha value is -5.94. The molecule has 0 bridgehead atoms. The highest BCUT2D eigenvalue weighted by molar-refractivity contribution is 8.15. The molecule has 0 fully saturated rings. The number of benzene rings is 4. The number of anilines is 2. The van der Waals surface area contributed by atoms with Crippen LogP contribution in [0.1, 0.15) is 22.8 Å². The van der Waals surface area contributed by atoms with E-state index in [1.807, 2.05) is 6.07 Å². The Morgan fingerprint density at radius 2 is 1.68 bits per heavy atom. The fourth-order valence-corrected chi connectivity index (χ4v) is 5.95. The third kappa shape index (κ3) is 6.42. The number of amides is 2. The van der Waals surface area contributed by atoms with E-state index in [1.54, 1.807) is 97.9 Å². The number of thioether (sulfide) groups is 1. The van der Waals surface area contributed by atoms with Crippen molar-refractivity contribution in [1.29, 1.82) is 0 Å². The summed E-state index contributed by atoms with van der Waals surface area (Å²) in [5.74, 6) is -1.61. The summed E-state index contributed by atoms with van der Waals surface area (Å²) in [6.45, 7) is 1.71. The Labute approximate surface area is 274 Å². The first-order chi connectivity index (χ1) is 22.7. The summed E-state index contributed by atoms with van der Waals surface area (Å²) in [4.78, 5) is 49.4. The topological polar surface area (TPSA) is 141 Å². The molecule has 0 aliphatic carbocycles. The second kappa shape index (κ2) is 13.2. The summed E-state index contributed by atoms with van der Waals surface area (Å²) < 4.78 is 5.19. The van der Waals surface area contributed by atoms with Gasteiger partial charge in [-0.25, -0.2) is 14.8 Å². The molecule has 0 saturated carbocycles. The smallest absolute Gasteiger partial charge is 0.336 e. The number of nitrogens with zero attached hydrogens (tertiary/aromatic N) is 3. The summed E-state index contributed by atoms with van der Waals surface area (Å²) in [7, 11) is 1.44. The number of aromatic hydroxyl groups is 1. The highest BCUT2D eigenvalue weighted by Crippen LogP contribution is 2.35. The van der Waals surface area contributed by atoms with E-state index in [9.17, 15) is 24.6 Å². The quantitative estimate of drug-likeness (QED) is 0.156. The molecule has 2 heterocycles. The number of rotatable bonds is 8. The molecule has 1 aliphatic heterocycles. The van der Waals surface area contributed by atoms with Crippen LogP contribution < -0.4 is 15.0 Å². The Morgan fingerprint density at radius 1 is 0.957 bits per heavy atom. The number of carboxylic acid groups (broad SMARTS) is 1. The van der Waals surface area contributed by atoms with Crippen molar-refractivity contribution in [3.63, 3.8) is 0 Å². The highest BCUT2D eigenvalue weighted by Gasteiger charge is 2.34. The van der Waals surface area contributed by atoms with Gasteiger partial charge in [-0.2, -0.15) is 0 Å². The predicted octanol–water partition coefficient (Wildman–Crippen LogP) is 6.82. The van der Waals surface area contributed by atoms with Crippen molar-refractivity contribution in [2.45, 2.75) is 12.2 Å². The Morgan fingerprint density at radius 3 is 2.40 bits per heavy atom. The molecule has 5 aromatic rings. The summed E-state index contributed by atoms with van der Waals surface area (Å²) in [6.07, 6.45) is 1.49. The van der Waals surface area contributed by atoms with E-state index in [0.717, 1.165) is 11.8 Å². The molecule has 234 valence electrons. The molecule has 1 aliphatic rings. The minimum Gasteiger partial charge on any atom is -0.504 e. The average Bonchev–Trinajstić information content (AvgIpc) is 3.39. The van der Waals surface area contributed by atoms with Crippen LogP contribution in [0.15, 0.2) is 114 Å². The molecule has 1 aromatic heterocycles. The lowest BCUT2D eigenvalue weighted by molar-refractivity contribution is -0.115. The molecule has 6 rings (SSSR count). The van der Waals surface area contributed by atoms with Crippen LogP contribution in [0.5, 0.6) is 11.5 Å². The number of phenolic OH excluding ortho intramolecular Hbond substituents is 1. The number of hydrogen-bond acceptors (Lipinski definition) is 8. The number of phenols is 1. The standard InChI is InChI=1S/C36H28N4O6S/c1-21(33(42)37-24-17-15-22(16-18-24)29-20-27(35(44)45)26-12-6-7-13-28(26)38-29)47-36-39-30(19-23-9-8-14-31(46-2)32(23)41)34(43)40(36)25-10-4-3-5-11-25/h3-21,41H,1-2H3,(H,37,42)(H,44,45)/b30-19-. The maximum Gasteiger partial charge on any atom is 0.336 e. The summed E-state index contributed by atoms with van der Waals surface area (Å²) >= 11 is 1.12. The van der Waals surface area contributed by atoms with Crippen LogP contribution in [0.2, 0.25) is 0 Å². The third-order valence-electron chi connectivity index (χ3n) is 7.43. The van der Waals surface area contributed by atoms with Gasteiger partial charge in [0.05, 0.1) is 34.8 Å². The van der Waals surface area contributed by atoms with E-state index in [-0.39, 0.29) is 28.7 Å². The summed E-state index contributed by atoms with van der Waals surface area (Å²) in [6, 6.07) is 29.5. The lowest BCUT2D eigenvalue weighted by Gasteiger charge is -2.20. The van der Waals surface area contributed by atoms with Gasteiger partial charge in [0.25, 0.3) is 5.91 Å². The Balaban J connectivity index is 1.22. The molecular formula is C36H28N4O6S. The van der Waals surface area contributed by atoms with Crippen molar-refractivity contribution >= 4 is 63.1 Å². The monoisotopic (exact) mass is 644 g/mol. The number of nitrogens with one attached hydrogen (secondary N) is 1. The molecule has 0 radical (unpaired) electrons. The van der Waals surface area contributed by atoms with E-state index in [4.69, 9.17) is 4.74 Å². The van der Waals surface area contributed by atoms with Crippen molar-refractivity contribution in [3.05, 3.63) is 120 Å². The number of methoxy groups -OCH3 is 1. The Kier molecular flexibility index (Phi) is 8.72. The number of carbonyl (C=O) groups is 3. The van der Waals surface area contributed by atoms with Crippen molar-refractivity contribution in [2.75, 3.05) is 17.3 Å². The minimum atomic E-state index is -1.04. The number of aromatic carboxylic acids is 1. The number of aliphatic imine (C=N–C) groups is 1. The van der Waals surface area contributed by atoms with Crippen LogP contribution in [0.4, 0.5) is 11.4 Å². The molecule has 4 aromatic carbocycles. The molecule has 1 atom stereocenters. The first kappa shape index (κ1) is 31.1. The van der Waals surface area contributed by atoms with Gasteiger partial charge in [-0.05, 0) is 55.5 Å². The van der Waals surface area contributed by atoms with Gasteiger partial charge in [0.1, 0.15) is 5.70 Å². The van der Waals surface area contributed by atoms with Gasteiger partial charge in [-0.1, -0.05) is 72.4 Å². The van der Waals surface area contributed by atoms with Gasteiger partial charge < -0.3 is 20.3 Å². The van der Waals surface area contributed by atoms with Crippen molar-refractivity contribution in [3.8, 4) is 22.8 Å². The summed E-state index contributed by atoms with van der Waals surface area (Å²) in [5.41, 5.74) is 3.49. The number of ether oxygens (including phenoxy) is 1. The van der Waals surface area contributed by atoms with Crippen LogP contribution in [0.25, 0.3) is 28.2 Å². The predicted molar refractivity (Wildman–Crippen MR) is 184 cm³/mol. The van der Waals surface area contributed by atoms with Crippen molar-refractivity contribution in [2.24, 2.45) is 4.99 Å². The van der Waals surface area contributed by atoms with Crippen molar-refractivity contribution < 1.29 is 29.3 Å². The second-order valence-electron chi connectivity index (χ2n) is 10.5. The number of carboxylic acids is 1. The van der Waals surface area contributed by atoms with Crippen LogP contribution in [-0.2, 0) is 9.59 Å². The van der Waals surface area contributed by atoms with Gasteiger partial charge in [0.2, 0.25) is 5.91 Å². The molecule has 1 unspecified atom stereocenters. The maximum atomic E-state index is 13.6. The average molecular weight is 645 g/mol. The molecular weight excluding hydrogens is 616 g/mol.